The predicted molar refractivity (Wildman–Crippen MR) is 70.6 cm³/mol. The lowest BCUT2D eigenvalue weighted by Gasteiger charge is -2.03. The molecule has 4 nitrogen and oxygen atoms in total. The first-order valence-corrected chi connectivity index (χ1v) is 6.26. The van der Waals surface area contributed by atoms with Crippen LogP contribution in [0.25, 0.3) is 0 Å². The highest BCUT2D eigenvalue weighted by Gasteiger charge is 2.14. The van der Waals surface area contributed by atoms with Gasteiger partial charge >= 0.3 is 5.97 Å². The molecule has 0 saturated carbocycles. The summed E-state index contributed by atoms with van der Waals surface area (Å²) in [5, 5.41) is 11.7. The van der Waals surface area contributed by atoms with Crippen molar-refractivity contribution in [2.45, 2.75) is 0 Å². The number of benzene rings is 1. The second-order valence-corrected chi connectivity index (χ2v) is 5.07. The number of aromatic carboxylic acids is 1. The van der Waals surface area contributed by atoms with E-state index in [1.54, 1.807) is 0 Å². The third kappa shape index (κ3) is 3.10. The van der Waals surface area contributed by atoms with Gasteiger partial charge in [0.05, 0.1) is 10.6 Å². The summed E-state index contributed by atoms with van der Waals surface area (Å²) >= 11 is 6.48. The molecule has 0 atom stereocenters. The lowest BCUT2D eigenvalue weighted by atomic mass is 10.2. The molecule has 1 heterocycles. The third-order valence-electron chi connectivity index (χ3n) is 2.23. The number of rotatable bonds is 3. The molecule has 7 heteroatoms. The monoisotopic (exact) mass is 299 g/mol. The molecule has 1 aromatic carbocycles. The van der Waals surface area contributed by atoms with Crippen LogP contribution in [0.15, 0.2) is 30.3 Å². The minimum absolute atomic E-state index is 0.0897. The molecular formula is C12H7ClFNO3S. The molecule has 0 spiro atoms. The summed E-state index contributed by atoms with van der Waals surface area (Å²) in [6.07, 6.45) is 0. The van der Waals surface area contributed by atoms with E-state index in [-0.39, 0.29) is 15.5 Å². The van der Waals surface area contributed by atoms with Gasteiger partial charge < -0.3 is 10.4 Å². The van der Waals surface area contributed by atoms with E-state index < -0.39 is 17.7 Å². The van der Waals surface area contributed by atoms with Crippen molar-refractivity contribution in [3.8, 4) is 0 Å². The van der Waals surface area contributed by atoms with Gasteiger partial charge in [0, 0.05) is 5.02 Å². The van der Waals surface area contributed by atoms with Gasteiger partial charge in [-0.25, -0.2) is 9.18 Å². The SMILES string of the molecule is O=C(O)c1ccc(NC(=O)c2ccc(Cl)cc2F)s1. The van der Waals surface area contributed by atoms with Crippen molar-refractivity contribution >= 4 is 39.8 Å². The summed E-state index contributed by atoms with van der Waals surface area (Å²) in [5.41, 5.74) is -0.158. The Morgan fingerprint density at radius 1 is 1.26 bits per heavy atom. The number of carboxylic acids is 1. The van der Waals surface area contributed by atoms with Crippen LogP contribution in [-0.2, 0) is 0 Å². The van der Waals surface area contributed by atoms with Crippen LogP contribution in [0.1, 0.15) is 20.0 Å². The van der Waals surface area contributed by atoms with Crippen molar-refractivity contribution in [1.29, 1.82) is 0 Å². The topological polar surface area (TPSA) is 66.4 Å². The number of nitrogens with one attached hydrogen (secondary N) is 1. The summed E-state index contributed by atoms with van der Waals surface area (Å²) in [6.45, 7) is 0. The number of hydrogen-bond acceptors (Lipinski definition) is 3. The Bertz CT molecular complexity index is 656. The van der Waals surface area contributed by atoms with Crippen molar-refractivity contribution in [1.82, 2.24) is 0 Å². The molecule has 2 N–H and O–H groups in total. The predicted octanol–water partition coefficient (Wildman–Crippen LogP) is 3.49. The minimum atomic E-state index is -1.08. The van der Waals surface area contributed by atoms with Gasteiger partial charge in [-0.3, -0.25) is 4.79 Å². The Labute approximate surface area is 116 Å². The zero-order chi connectivity index (χ0) is 14.0. The lowest BCUT2D eigenvalue weighted by molar-refractivity contribution is 0.0702. The molecule has 98 valence electrons. The summed E-state index contributed by atoms with van der Waals surface area (Å²) in [4.78, 5) is 22.6. The molecule has 0 bridgehead atoms. The van der Waals surface area contributed by atoms with Gasteiger partial charge in [0.25, 0.3) is 5.91 Å². The number of carboxylic acid groups (broad SMARTS) is 1. The average Bonchev–Trinajstić information content (AvgIpc) is 2.77. The van der Waals surface area contributed by atoms with Crippen molar-refractivity contribution in [3.05, 3.63) is 51.6 Å². The first-order chi connectivity index (χ1) is 8.97. The van der Waals surface area contributed by atoms with E-state index in [0.29, 0.717) is 5.00 Å². The van der Waals surface area contributed by atoms with Crippen molar-refractivity contribution < 1.29 is 19.1 Å². The van der Waals surface area contributed by atoms with Gasteiger partial charge in [-0.15, -0.1) is 11.3 Å². The lowest BCUT2D eigenvalue weighted by Crippen LogP contribution is -2.12. The standard InChI is InChI=1S/C12H7ClFNO3S/c13-6-1-2-7(8(14)5-6)11(16)15-10-4-3-9(19-10)12(17)18/h1-5H,(H,15,16)(H,17,18). The molecule has 0 saturated heterocycles. The van der Waals surface area contributed by atoms with E-state index in [1.165, 1.54) is 24.3 Å². The zero-order valence-corrected chi connectivity index (χ0v) is 10.9. The fraction of sp³-hybridized carbons (Fsp3) is 0. The number of amides is 1. The molecule has 0 aliphatic carbocycles. The maximum absolute atomic E-state index is 13.5. The molecule has 2 rings (SSSR count). The summed E-state index contributed by atoms with van der Waals surface area (Å²) in [6, 6.07) is 6.50. The van der Waals surface area contributed by atoms with E-state index in [4.69, 9.17) is 16.7 Å². The molecule has 0 aliphatic heterocycles. The Morgan fingerprint density at radius 2 is 2.00 bits per heavy atom. The van der Waals surface area contributed by atoms with Crippen LogP contribution >= 0.6 is 22.9 Å². The molecule has 1 amide bonds. The Morgan fingerprint density at radius 3 is 2.58 bits per heavy atom. The van der Waals surface area contributed by atoms with E-state index in [1.807, 2.05) is 0 Å². The maximum atomic E-state index is 13.5. The highest BCUT2D eigenvalue weighted by Crippen LogP contribution is 2.23. The number of carbonyl (C=O) groups is 2. The fourth-order valence-electron chi connectivity index (χ4n) is 1.37. The molecular weight excluding hydrogens is 293 g/mol. The smallest absolute Gasteiger partial charge is 0.345 e. The molecule has 0 radical (unpaired) electrons. The maximum Gasteiger partial charge on any atom is 0.345 e. The summed E-state index contributed by atoms with van der Waals surface area (Å²) in [7, 11) is 0. The second kappa shape index (κ2) is 5.38. The number of anilines is 1. The zero-order valence-electron chi connectivity index (χ0n) is 9.31. The largest absolute Gasteiger partial charge is 0.477 e. The number of carbonyl (C=O) groups excluding carboxylic acids is 1. The molecule has 1 aromatic heterocycles. The number of thiophene rings is 1. The van der Waals surface area contributed by atoms with Crippen molar-refractivity contribution in [2.75, 3.05) is 5.32 Å². The molecule has 0 unspecified atom stereocenters. The molecule has 19 heavy (non-hydrogen) atoms. The first kappa shape index (κ1) is 13.5. The van der Waals surface area contributed by atoms with Crippen molar-refractivity contribution in [3.63, 3.8) is 0 Å². The van der Waals surface area contributed by atoms with Crippen LogP contribution in [0, 0.1) is 5.82 Å². The highest BCUT2D eigenvalue weighted by atomic mass is 35.5. The van der Waals surface area contributed by atoms with Gasteiger partial charge in [0.15, 0.2) is 0 Å². The van der Waals surface area contributed by atoms with Crippen LogP contribution in [0.4, 0.5) is 9.39 Å². The third-order valence-corrected chi connectivity index (χ3v) is 3.45. The van der Waals surface area contributed by atoms with Crippen LogP contribution in [0.5, 0.6) is 0 Å². The number of halogens is 2. The van der Waals surface area contributed by atoms with E-state index in [2.05, 4.69) is 5.32 Å². The summed E-state index contributed by atoms with van der Waals surface area (Å²) < 4.78 is 13.5. The van der Waals surface area contributed by atoms with Crippen LogP contribution in [0.3, 0.4) is 0 Å². The van der Waals surface area contributed by atoms with Crippen molar-refractivity contribution in [2.24, 2.45) is 0 Å². The van der Waals surface area contributed by atoms with E-state index >= 15 is 0 Å². The van der Waals surface area contributed by atoms with Crippen LogP contribution in [0.2, 0.25) is 5.02 Å². The van der Waals surface area contributed by atoms with Crippen LogP contribution < -0.4 is 5.32 Å². The van der Waals surface area contributed by atoms with Gasteiger partial charge in [-0.1, -0.05) is 11.6 Å². The average molecular weight is 300 g/mol. The first-order valence-electron chi connectivity index (χ1n) is 5.07. The van der Waals surface area contributed by atoms with Gasteiger partial charge in [0.1, 0.15) is 10.7 Å². The van der Waals surface area contributed by atoms with Gasteiger partial charge in [-0.05, 0) is 30.3 Å². The normalized spacial score (nSPS) is 10.2. The van der Waals surface area contributed by atoms with Gasteiger partial charge in [0.2, 0.25) is 0 Å². The van der Waals surface area contributed by atoms with E-state index in [9.17, 15) is 14.0 Å². The number of hydrogen-bond donors (Lipinski definition) is 2. The molecule has 0 aliphatic rings. The van der Waals surface area contributed by atoms with E-state index in [0.717, 1.165) is 17.4 Å². The molecule has 0 fully saturated rings. The Hall–Kier alpha value is -1.92. The molecule has 2 aromatic rings. The summed E-state index contributed by atoms with van der Waals surface area (Å²) in [5.74, 6) is -2.48. The quantitative estimate of drug-likeness (QED) is 0.911. The van der Waals surface area contributed by atoms with Crippen LogP contribution in [-0.4, -0.2) is 17.0 Å². The highest BCUT2D eigenvalue weighted by molar-refractivity contribution is 7.18. The Kier molecular flexibility index (Phi) is 3.82. The Balaban J connectivity index is 2.18. The second-order valence-electron chi connectivity index (χ2n) is 3.55. The fourth-order valence-corrected chi connectivity index (χ4v) is 2.27. The minimum Gasteiger partial charge on any atom is -0.477 e. The van der Waals surface area contributed by atoms with Gasteiger partial charge in [-0.2, -0.15) is 0 Å².